The van der Waals surface area contributed by atoms with E-state index in [4.69, 9.17) is 0 Å². The first-order valence-corrected chi connectivity index (χ1v) is 7.27. The van der Waals surface area contributed by atoms with Crippen molar-refractivity contribution in [2.24, 2.45) is 0 Å². The molecule has 144 valence electrons. The number of aromatic nitrogens is 3. The maximum absolute atomic E-state index is 12.7. The van der Waals surface area contributed by atoms with Crippen molar-refractivity contribution >= 4 is 23.5 Å². The van der Waals surface area contributed by atoms with Crippen molar-refractivity contribution in [2.45, 2.75) is 24.8 Å². The molecule has 1 aromatic carbocycles. The van der Waals surface area contributed by atoms with Crippen LogP contribution >= 0.6 is 0 Å². The van der Waals surface area contributed by atoms with Crippen LogP contribution in [0.2, 0.25) is 0 Å². The van der Waals surface area contributed by atoms with Crippen molar-refractivity contribution in [3.8, 4) is 0 Å². The van der Waals surface area contributed by atoms with Crippen LogP contribution in [0.25, 0.3) is 0 Å². The smallest absolute Gasteiger partial charge is 0.324 e. The zero-order valence-electron chi connectivity index (χ0n) is 13.0. The van der Waals surface area contributed by atoms with Crippen LogP contribution in [0, 0.1) is 0 Å². The highest BCUT2D eigenvalue weighted by atomic mass is 19.4. The largest absolute Gasteiger partial charge is 0.453 e. The summed E-state index contributed by atoms with van der Waals surface area (Å²) in [6, 6.07) is 2.15. The minimum Gasteiger partial charge on any atom is -0.324 e. The molecule has 0 saturated heterocycles. The zero-order valence-corrected chi connectivity index (χ0v) is 13.0. The molecule has 27 heavy (non-hydrogen) atoms. The van der Waals surface area contributed by atoms with Gasteiger partial charge in [-0.3, -0.25) is 14.9 Å². The highest BCUT2D eigenvalue weighted by Crippen LogP contribution is 2.33. The standard InChI is InChI=1S/C14H9F6N5O2/c15-13(16,17)6-2-1-3-7(4-6)21-10(27)8-5-9(26)22-12-23-11(14(18,19)20)24-25(8)12/h1-4,8H,5H2,(H,21,27)(H,22,23,24,26). The van der Waals surface area contributed by atoms with Gasteiger partial charge >= 0.3 is 12.4 Å². The molecule has 1 aliphatic heterocycles. The van der Waals surface area contributed by atoms with Crippen molar-refractivity contribution in [1.82, 2.24) is 14.8 Å². The first kappa shape index (κ1) is 18.7. The van der Waals surface area contributed by atoms with Crippen LogP contribution in [0.1, 0.15) is 23.9 Å². The van der Waals surface area contributed by atoms with Gasteiger partial charge in [0.25, 0.3) is 5.82 Å². The SMILES string of the molecule is O=C1CC(C(=O)Nc2cccc(C(F)(F)F)c2)n2nc(C(F)(F)F)nc2N1. The fraction of sp³-hybridized carbons (Fsp3) is 0.286. The van der Waals surface area contributed by atoms with E-state index in [0.717, 1.165) is 12.1 Å². The Morgan fingerprint density at radius 3 is 2.52 bits per heavy atom. The number of alkyl halides is 6. The van der Waals surface area contributed by atoms with Crippen LogP contribution in [0.3, 0.4) is 0 Å². The summed E-state index contributed by atoms with van der Waals surface area (Å²) in [5, 5.41) is 7.38. The number of fused-ring (bicyclic) bond motifs is 1. The van der Waals surface area contributed by atoms with E-state index >= 15 is 0 Å². The Kier molecular flexibility index (Phi) is 4.32. The fourth-order valence-corrected chi connectivity index (χ4v) is 2.39. The molecule has 0 saturated carbocycles. The number of carbonyl (C=O) groups is 2. The van der Waals surface area contributed by atoms with Crippen molar-refractivity contribution < 1.29 is 35.9 Å². The molecule has 13 heteroatoms. The molecule has 0 aliphatic carbocycles. The van der Waals surface area contributed by atoms with Gasteiger partial charge in [-0.2, -0.15) is 31.3 Å². The van der Waals surface area contributed by atoms with Gasteiger partial charge in [-0.15, -0.1) is 5.10 Å². The average molecular weight is 393 g/mol. The van der Waals surface area contributed by atoms with E-state index < -0.39 is 54.0 Å². The Morgan fingerprint density at radius 2 is 1.89 bits per heavy atom. The molecule has 0 radical (unpaired) electrons. The molecule has 0 fully saturated rings. The monoisotopic (exact) mass is 393 g/mol. The average Bonchev–Trinajstić information content (AvgIpc) is 2.97. The second-order valence-electron chi connectivity index (χ2n) is 5.54. The Bertz CT molecular complexity index is 904. The minimum absolute atomic E-state index is 0.237. The number of hydrogen-bond donors (Lipinski definition) is 2. The van der Waals surface area contributed by atoms with Crippen LogP contribution in [-0.2, 0) is 21.9 Å². The summed E-state index contributed by atoms with van der Waals surface area (Å²) in [5.41, 5.74) is -1.26. The molecule has 1 aliphatic rings. The molecule has 1 aromatic heterocycles. The highest BCUT2D eigenvalue weighted by molar-refractivity contribution is 6.00. The van der Waals surface area contributed by atoms with E-state index in [1.165, 1.54) is 6.07 Å². The summed E-state index contributed by atoms with van der Waals surface area (Å²) in [7, 11) is 0. The molecule has 0 bridgehead atoms. The quantitative estimate of drug-likeness (QED) is 0.768. The predicted octanol–water partition coefficient (Wildman–Crippen LogP) is 2.84. The number of nitrogens with one attached hydrogen (secondary N) is 2. The topological polar surface area (TPSA) is 88.9 Å². The fourth-order valence-electron chi connectivity index (χ4n) is 2.39. The summed E-state index contributed by atoms with van der Waals surface area (Å²) in [6.45, 7) is 0. The molecule has 1 unspecified atom stereocenters. The first-order valence-electron chi connectivity index (χ1n) is 7.27. The molecule has 2 amide bonds. The van der Waals surface area contributed by atoms with E-state index in [9.17, 15) is 35.9 Å². The lowest BCUT2D eigenvalue weighted by Gasteiger charge is -2.22. The highest BCUT2D eigenvalue weighted by Gasteiger charge is 2.41. The van der Waals surface area contributed by atoms with Gasteiger partial charge in [-0.1, -0.05) is 6.07 Å². The summed E-state index contributed by atoms with van der Waals surface area (Å²) in [5.74, 6) is -3.93. The number of carbonyl (C=O) groups excluding carboxylic acids is 2. The third kappa shape index (κ3) is 3.85. The summed E-state index contributed by atoms with van der Waals surface area (Å²) < 4.78 is 77.0. The van der Waals surface area contributed by atoms with Crippen LogP contribution in [0.15, 0.2) is 24.3 Å². The Balaban J connectivity index is 1.88. The number of hydrogen-bond acceptors (Lipinski definition) is 4. The molecule has 2 N–H and O–H groups in total. The van der Waals surface area contributed by atoms with Crippen LogP contribution in [-0.4, -0.2) is 26.6 Å². The van der Waals surface area contributed by atoms with E-state index in [1.807, 2.05) is 0 Å². The lowest BCUT2D eigenvalue weighted by molar-refractivity contribution is -0.145. The third-order valence-corrected chi connectivity index (χ3v) is 3.57. The number of benzene rings is 1. The second-order valence-corrected chi connectivity index (χ2v) is 5.54. The molecule has 1 atom stereocenters. The summed E-state index contributed by atoms with van der Waals surface area (Å²) in [4.78, 5) is 27.1. The Hall–Kier alpha value is -3.12. The molecule has 7 nitrogen and oxygen atoms in total. The number of nitrogens with zero attached hydrogens (tertiary/aromatic N) is 3. The maximum Gasteiger partial charge on any atom is 0.453 e. The van der Waals surface area contributed by atoms with E-state index in [2.05, 4.69) is 20.7 Å². The maximum atomic E-state index is 12.7. The van der Waals surface area contributed by atoms with Gasteiger partial charge in [0.2, 0.25) is 17.8 Å². The molecular weight excluding hydrogens is 384 g/mol. The summed E-state index contributed by atoms with van der Waals surface area (Å²) >= 11 is 0. The first-order chi connectivity index (χ1) is 12.4. The van der Waals surface area contributed by atoms with Crippen molar-refractivity contribution in [2.75, 3.05) is 10.6 Å². The minimum atomic E-state index is -4.91. The number of anilines is 2. The second kappa shape index (κ2) is 6.25. The van der Waals surface area contributed by atoms with Crippen molar-refractivity contribution in [3.05, 3.63) is 35.7 Å². The van der Waals surface area contributed by atoms with Gasteiger partial charge in [0.15, 0.2) is 0 Å². The van der Waals surface area contributed by atoms with Gasteiger partial charge in [0.05, 0.1) is 12.0 Å². The van der Waals surface area contributed by atoms with E-state index in [-0.39, 0.29) is 5.69 Å². The molecule has 0 spiro atoms. The Morgan fingerprint density at radius 1 is 1.19 bits per heavy atom. The molecular formula is C14H9F6N5O2. The number of rotatable bonds is 2. The molecule has 2 heterocycles. The Labute approximate surface area is 146 Å². The zero-order chi connectivity index (χ0) is 20.0. The lowest BCUT2D eigenvalue weighted by Crippen LogP contribution is -2.36. The lowest BCUT2D eigenvalue weighted by atomic mass is 10.1. The van der Waals surface area contributed by atoms with Gasteiger partial charge in [0, 0.05) is 5.69 Å². The van der Waals surface area contributed by atoms with E-state index in [0.29, 0.717) is 10.7 Å². The predicted molar refractivity (Wildman–Crippen MR) is 77.4 cm³/mol. The number of halogens is 6. The third-order valence-electron chi connectivity index (χ3n) is 3.57. The van der Waals surface area contributed by atoms with Crippen LogP contribution in [0.5, 0.6) is 0 Å². The summed E-state index contributed by atoms with van der Waals surface area (Å²) in [6.07, 6.45) is -10.1. The molecule has 2 aromatic rings. The van der Waals surface area contributed by atoms with Gasteiger partial charge in [-0.25, -0.2) is 4.68 Å². The van der Waals surface area contributed by atoms with Gasteiger partial charge < -0.3 is 5.32 Å². The van der Waals surface area contributed by atoms with E-state index in [1.54, 1.807) is 0 Å². The van der Waals surface area contributed by atoms with Crippen LogP contribution in [0.4, 0.5) is 38.0 Å². The number of amides is 2. The van der Waals surface area contributed by atoms with Crippen molar-refractivity contribution in [3.63, 3.8) is 0 Å². The van der Waals surface area contributed by atoms with Crippen molar-refractivity contribution in [1.29, 1.82) is 0 Å². The molecule has 3 rings (SSSR count). The van der Waals surface area contributed by atoms with Crippen LogP contribution < -0.4 is 10.6 Å². The van der Waals surface area contributed by atoms with Gasteiger partial charge in [-0.05, 0) is 18.2 Å². The normalized spacial score (nSPS) is 17.3. The van der Waals surface area contributed by atoms with Gasteiger partial charge in [0.1, 0.15) is 6.04 Å².